The van der Waals surface area contributed by atoms with Gasteiger partial charge in [-0.1, -0.05) is 18.2 Å². The summed E-state index contributed by atoms with van der Waals surface area (Å²) in [4.78, 5) is 7.76. The minimum Gasteiger partial charge on any atom is -0.379 e. The van der Waals surface area contributed by atoms with Gasteiger partial charge in [0.25, 0.3) is 0 Å². The summed E-state index contributed by atoms with van der Waals surface area (Å²) >= 11 is 5.52. The SMILES string of the molecule is S=c1[nH]c2cnc3ccccc3c2n1C1CCCOC1. The number of pyridine rings is 1. The maximum Gasteiger partial charge on any atom is 0.178 e. The zero-order valence-electron chi connectivity index (χ0n) is 11.0. The highest BCUT2D eigenvalue weighted by molar-refractivity contribution is 7.71. The standard InChI is InChI=1S/C15H15N3OS/c20-15-17-13-8-16-12-6-2-1-5-11(12)14(13)18(15)10-4-3-7-19-9-10/h1-2,5-6,8,10H,3-4,7,9H2,(H,17,20). The number of nitrogens with one attached hydrogen (secondary N) is 1. The molecule has 5 heteroatoms. The first-order valence-electron chi connectivity index (χ1n) is 6.90. The minimum atomic E-state index is 0.316. The van der Waals surface area contributed by atoms with E-state index in [4.69, 9.17) is 17.0 Å². The minimum absolute atomic E-state index is 0.316. The molecule has 102 valence electrons. The summed E-state index contributed by atoms with van der Waals surface area (Å²) in [5, 5.41) is 1.14. The smallest absolute Gasteiger partial charge is 0.178 e. The van der Waals surface area contributed by atoms with Crippen molar-refractivity contribution in [3.8, 4) is 0 Å². The molecule has 0 bridgehead atoms. The van der Waals surface area contributed by atoms with Crippen molar-refractivity contribution >= 4 is 34.2 Å². The average molecular weight is 285 g/mol. The number of hydrogen-bond acceptors (Lipinski definition) is 3. The zero-order chi connectivity index (χ0) is 13.5. The fourth-order valence-electron chi connectivity index (χ4n) is 3.03. The molecule has 1 aliphatic heterocycles. The Hall–Kier alpha value is -1.72. The highest BCUT2D eigenvalue weighted by Gasteiger charge is 2.20. The van der Waals surface area contributed by atoms with Crippen molar-refractivity contribution < 1.29 is 4.74 Å². The van der Waals surface area contributed by atoms with Crippen molar-refractivity contribution in [2.45, 2.75) is 18.9 Å². The lowest BCUT2D eigenvalue weighted by Crippen LogP contribution is -2.21. The molecule has 0 saturated carbocycles. The van der Waals surface area contributed by atoms with Crippen molar-refractivity contribution in [3.05, 3.63) is 35.2 Å². The van der Waals surface area contributed by atoms with Gasteiger partial charge in [0, 0.05) is 12.0 Å². The molecule has 1 atom stereocenters. The summed E-state index contributed by atoms with van der Waals surface area (Å²) in [7, 11) is 0. The fraction of sp³-hybridized carbons (Fsp3) is 0.333. The molecule has 0 spiro atoms. The van der Waals surface area contributed by atoms with Gasteiger partial charge in [-0.05, 0) is 31.1 Å². The lowest BCUT2D eigenvalue weighted by atomic mass is 10.1. The third-order valence-electron chi connectivity index (χ3n) is 3.95. The Balaban J connectivity index is 2.05. The molecule has 3 aromatic rings. The van der Waals surface area contributed by atoms with Crippen LogP contribution in [0.5, 0.6) is 0 Å². The first-order valence-corrected chi connectivity index (χ1v) is 7.31. The van der Waals surface area contributed by atoms with Gasteiger partial charge in [0.15, 0.2) is 4.77 Å². The maximum absolute atomic E-state index is 5.63. The summed E-state index contributed by atoms with van der Waals surface area (Å²) < 4.78 is 8.60. The van der Waals surface area contributed by atoms with E-state index in [9.17, 15) is 0 Å². The largest absolute Gasteiger partial charge is 0.379 e. The van der Waals surface area contributed by atoms with Gasteiger partial charge >= 0.3 is 0 Å². The van der Waals surface area contributed by atoms with Crippen molar-refractivity contribution in [1.82, 2.24) is 14.5 Å². The summed E-state index contributed by atoms with van der Waals surface area (Å²) in [6, 6.07) is 8.51. The van der Waals surface area contributed by atoms with Crippen LogP contribution in [-0.2, 0) is 4.74 Å². The number of para-hydroxylation sites is 1. The molecule has 1 saturated heterocycles. The van der Waals surface area contributed by atoms with E-state index in [-0.39, 0.29) is 0 Å². The van der Waals surface area contributed by atoms with Gasteiger partial charge in [-0.3, -0.25) is 4.98 Å². The van der Waals surface area contributed by atoms with E-state index in [0.717, 1.165) is 52.8 Å². The average Bonchev–Trinajstić information content (AvgIpc) is 2.84. The van der Waals surface area contributed by atoms with Crippen molar-refractivity contribution in [2.75, 3.05) is 13.2 Å². The van der Waals surface area contributed by atoms with Gasteiger partial charge in [-0.15, -0.1) is 0 Å². The Morgan fingerprint density at radius 2 is 2.25 bits per heavy atom. The Morgan fingerprint density at radius 1 is 1.35 bits per heavy atom. The number of imidazole rings is 1. The van der Waals surface area contributed by atoms with Crippen molar-refractivity contribution in [1.29, 1.82) is 0 Å². The molecule has 4 nitrogen and oxygen atoms in total. The number of aromatic nitrogens is 3. The summed E-state index contributed by atoms with van der Waals surface area (Å²) in [6.45, 7) is 1.59. The summed E-state index contributed by atoms with van der Waals surface area (Å²) in [5.41, 5.74) is 3.15. The number of aromatic amines is 1. The Labute approximate surface area is 121 Å². The quantitative estimate of drug-likeness (QED) is 0.695. The van der Waals surface area contributed by atoms with E-state index >= 15 is 0 Å². The molecule has 0 amide bonds. The maximum atomic E-state index is 5.63. The number of nitrogens with zero attached hydrogens (tertiary/aromatic N) is 2. The second-order valence-electron chi connectivity index (χ2n) is 5.21. The number of fused-ring (bicyclic) bond motifs is 3. The lowest BCUT2D eigenvalue weighted by Gasteiger charge is -2.24. The molecule has 2 aromatic heterocycles. The highest BCUT2D eigenvalue weighted by atomic mass is 32.1. The molecule has 1 aromatic carbocycles. The Bertz CT molecular complexity index is 830. The van der Waals surface area contributed by atoms with Crippen LogP contribution in [0.3, 0.4) is 0 Å². The van der Waals surface area contributed by atoms with Crippen molar-refractivity contribution in [2.24, 2.45) is 0 Å². The van der Waals surface area contributed by atoms with E-state index in [1.54, 1.807) is 0 Å². The van der Waals surface area contributed by atoms with E-state index in [1.807, 2.05) is 24.4 Å². The van der Waals surface area contributed by atoms with E-state index in [1.165, 1.54) is 0 Å². The Morgan fingerprint density at radius 3 is 3.10 bits per heavy atom. The number of hydrogen-bond donors (Lipinski definition) is 1. The van der Waals surface area contributed by atoms with Crippen LogP contribution >= 0.6 is 12.2 Å². The van der Waals surface area contributed by atoms with Crippen LogP contribution in [0.25, 0.3) is 21.9 Å². The predicted octanol–water partition coefficient (Wildman–Crippen LogP) is 3.60. The molecule has 1 unspecified atom stereocenters. The number of rotatable bonds is 1. The van der Waals surface area contributed by atoms with Crippen LogP contribution in [0.2, 0.25) is 0 Å². The molecule has 4 rings (SSSR count). The first kappa shape index (κ1) is 12.1. The number of ether oxygens (including phenoxy) is 1. The van der Waals surface area contributed by atoms with E-state index < -0.39 is 0 Å². The van der Waals surface area contributed by atoms with Gasteiger partial charge in [0.1, 0.15) is 0 Å². The Kier molecular flexibility index (Phi) is 2.82. The van der Waals surface area contributed by atoms with E-state index in [2.05, 4.69) is 20.6 Å². The topological polar surface area (TPSA) is 42.8 Å². The normalized spacial score (nSPS) is 19.7. The van der Waals surface area contributed by atoms with Crippen LogP contribution in [0.15, 0.2) is 30.5 Å². The number of H-pyrrole nitrogens is 1. The molecule has 20 heavy (non-hydrogen) atoms. The van der Waals surface area contributed by atoms with Crippen LogP contribution in [0.1, 0.15) is 18.9 Å². The van der Waals surface area contributed by atoms with Crippen LogP contribution in [0, 0.1) is 4.77 Å². The van der Waals surface area contributed by atoms with E-state index in [0.29, 0.717) is 6.04 Å². The summed E-state index contributed by atoms with van der Waals surface area (Å²) in [6.07, 6.45) is 4.06. The van der Waals surface area contributed by atoms with Crippen molar-refractivity contribution in [3.63, 3.8) is 0 Å². The molecule has 1 N–H and O–H groups in total. The third kappa shape index (κ3) is 1.77. The predicted molar refractivity (Wildman–Crippen MR) is 81.5 cm³/mol. The van der Waals surface area contributed by atoms with Gasteiger partial charge in [0.2, 0.25) is 0 Å². The fourth-order valence-corrected chi connectivity index (χ4v) is 3.38. The second kappa shape index (κ2) is 4.68. The molecule has 3 heterocycles. The molecule has 1 aliphatic rings. The number of benzene rings is 1. The monoisotopic (exact) mass is 285 g/mol. The van der Waals surface area contributed by atoms with Gasteiger partial charge in [-0.25, -0.2) is 0 Å². The molecule has 0 aliphatic carbocycles. The highest BCUT2D eigenvalue weighted by Crippen LogP contribution is 2.29. The molecule has 0 radical (unpaired) electrons. The van der Waals surface area contributed by atoms with Gasteiger partial charge in [0.05, 0.1) is 35.4 Å². The zero-order valence-corrected chi connectivity index (χ0v) is 11.8. The summed E-state index contributed by atoms with van der Waals surface area (Å²) in [5.74, 6) is 0. The second-order valence-corrected chi connectivity index (χ2v) is 5.60. The van der Waals surface area contributed by atoms with Gasteiger partial charge in [-0.2, -0.15) is 0 Å². The van der Waals surface area contributed by atoms with Crippen LogP contribution in [-0.4, -0.2) is 27.7 Å². The van der Waals surface area contributed by atoms with Crippen LogP contribution in [0.4, 0.5) is 0 Å². The van der Waals surface area contributed by atoms with Gasteiger partial charge < -0.3 is 14.3 Å². The molecular formula is C15H15N3OS. The first-order chi connectivity index (χ1) is 9.84. The molecular weight excluding hydrogens is 270 g/mol. The lowest BCUT2D eigenvalue weighted by molar-refractivity contribution is 0.0601. The molecule has 1 fully saturated rings. The third-order valence-corrected chi connectivity index (χ3v) is 4.25. The van der Waals surface area contributed by atoms with Crippen LogP contribution < -0.4 is 0 Å².